The fourth-order valence-corrected chi connectivity index (χ4v) is 3.60. The molecule has 6 atom stereocenters. The molecule has 0 bridgehead atoms. The maximum atomic E-state index is 12.7. The van der Waals surface area contributed by atoms with Crippen LogP contribution in [0, 0.1) is 23.7 Å². The van der Waals surface area contributed by atoms with Gasteiger partial charge in [0.05, 0.1) is 12.2 Å². The SMILES string of the molecule is CC(CCC1CCCC2OC12)C(C)CC(C(=O)O)C(F)(F)F. The number of fused-ring (bicyclic) bond motifs is 1. The molecule has 6 heteroatoms. The van der Waals surface area contributed by atoms with Crippen molar-refractivity contribution in [3.8, 4) is 0 Å². The first-order valence-corrected chi connectivity index (χ1v) is 8.15. The molecule has 2 aliphatic rings. The molecule has 0 amide bonds. The number of ether oxygens (including phenoxy) is 1. The summed E-state index contributed by atoms with van der Waals surface area (Å²) in [7, 11) is 0. The minimum absolute atomic E-state index is 0.0864. The molecule has 1 saturated heterocycles. The van der Waals surface area contributed by atoms with E-state index in [4.69, 9.17) is 9.84 Å². The molecule has 1 N–H and O–H groups in total. The van der Waals surface area contributed by atoms with Crippen molar-refractivity contribution in [1.82, 2.24) is 0 Å². The zero-order chi connectivity index (χ0) is 16.5. The summed E-state index contributed by atoms with van der Waals surface area (Å²) in [5.74, 6) is -3.67. The number of hydrogen-bond acceptors (Lipinski definition) is 2. The van der Waals surface area contributed by atoms with Crippen molar-refractivity contribution < 1.29 is 27.8 Å². The lowest BCUT2D eigenvalue weighted by atomic mass is 9.79. The molecule has 128 valence electrons. The molecule has 6 unspecified atom stereocenters. The second-order valence-electron chi connectivity index (χ2n) is 7.03. The fourth-order valence-electron chi connectivity index (χ4n) is 3.60. The smallest absolute Gasteiger partial charge is 0.402 e. The zero-order valence-electron chi connectivity index (χ0n) is 13.1. The normalized spacial score (nSPS) is 32.0. The van der Waals surface area contributed by atoms with Gasteiger partial charge in [0.25, 0.3) is 0 Å². The number of carbonyl (C=O) groups is 1. The Morgan fingerprint density at radius 2 is 1.95 bits per heavy atom. The summed E-state index contributed by atoms with van der Waals surface area (Å²) in [6, 6.07) is 0. The van der Waals surface area contributed by atoms with Crippen LogP contribution >= 0.6 is 0 Å². The summed E-state index contributed by atoms with van der Waals surface area (Å²) >= 11 is 0. The standard InChI is InChI=1S/C16H25F3O3/c1-9(6-7-11-4-3-5-13-14(11)22-13)10(2)8-12(15(20)21)16(17,18)19/h9-14H,3-8H2,1-2H3,(H,20,21). The van der Waals surface area contributed by atoms with Crippen LogP contribution in [0.3, 0.4) is 0 Å². The lowest BCUT2D eigenvalue weighted by molar-refractivity contribution is -0.197. The Morgan fingerprint density at radius 1 is 1.27 bits per heavy atom. The van der Waals surface area contributed by atoms with E-state index >= 15 is 0 Å². The molecule has 0 aromatic rings. The maximum absolute atomic E-state index is 12.7. The monoisotopic (exact) mass is 322 g/mol. The van der Waals surface area contributed by atoms with E-state index in [0.29, 0.717) is 18.1 Å². The number of carboxylic acid groups (broad SMARTS) is 1. The molecule has 0 aromatic heterocycles. The van der Waals surface area contributed by atoms with Gasteiger partial charge in [0, 0.05) is 0 Å². The average Bonchev–Trinajstić information content (AvgIpc) is 3.19. The fraction of sp³-hybridized carbons (Fsp3) is 0.938. The number of alkyl halides is 3. The lowest BCUT2D eigenvalue weighted by Crippen LogP contribution is -2.33. The minimum atomic E-state index is -4.67. The first-order chi connectivity index (χ1) is 10.2. The largest absolute Gasteiger partial charge is 0.481 e. The third-order valence-corrected chi connectivity index (χ3v) is 5.41. The van der Waals surface area contributed by atoms with Gasteiger partial charge in [-0.3, -0.25) is 4.79 Å². The first kappa shape index (κ1) is 17.6. The van der Waals surface area contributed by atoms with E-state index in [0.717, 1.165) is 25.7 Å². The molecule has 3 nitrogen and oxygen atoms in total. The van der Waals surface area contributed by atoms with Crippen LogP contribution < -0.4 is 0 Å². The van der Waals surface area contributed by atoms with Gasteiger partial charge in [0.1, 0.15) is 0 Å². The Balaban J connectivity index is 1.78. The van der Waals surface area contributed by atoms with E-state index in [1.165, 1.54) is 6.42 Å². The predicted molar refractivity (Wildman–Crippen MR) is 75.4 cm³/mol. The molecule has 22 heavy (non-hydrogen) atoms. The molecule has 2 rings (SSSR count). The summed E-state index contributed by atoms with van der Waals surface area (Å²) in [6.07, 6.45) is 1.04. The Bertz CT molecular complexity index is 397. The average molecular weight is 322 g/mol. The highest BCUT2D eigenvalue weighted by molar-refractivity contribution is 5.70. The van der Waals surface area contributed by atoms with Gasteiger partial charge in [0.15, 0.2) is 5.92 Å². The van der Waals surface area contributed by atoms with Crippen molar-refractivity contribution >= 4 is 5.97 Å². The molecule has 1 aliphatic carbocycles. The van der Waals surface area contributed by atoms with E-state index in [1.807, 2.05) is 6.92 Å². The zero-order valence-corrected chi connectivity index (χ0v) is 13.1. The first-order valence-electron chi connectivity index (χ1n) is 8.15. The predicted octanol–water partition coefficient (Wildman–Crippen LogP) is 4.26. The van der Waals surface area contributed by atoms with Crippen LogP contribution in [0.15, 0.2) is 0 Å². The highest BCUT2D eigenvalue weighted by Gasteiger charge is 2.47. The summed E-state index contributed by atoms with van der Waals surface area (Å²) < 4.78 is 43.8. The maximum Gasteiger partial charge on any atom is 0.402 e. The van der Waals surface area contributed by atoms with Crippen LogP contribution in [0.1, 0.15) is 52.4 Å². The number of hydrogen-bond donors (Lipinski definition) is 1. The van der Waals surface area contributed by atoms with Crippen molar-refractivity contribution in [3.63, 3.8) is 0 Å². The second-order valence-corrected chi connectivity index (χ2v) is 7.03. The van der Waals surface area contributed by atoms with E-state index in [9.17, 15) is 18.0 Å². The van der Waals surface area contributed by atoms with Gasteiger partial charge < -0.3 is 9.84 Å². The van der Waals surface area contributed by atoms with Gasteiger partial charge in [-0.05, 0) is 43.4 Å². The van der Waals surface area contributed by atoms with E-state index in [2.05, 4.69) is 0 Å². The van der Waals surface area contributed by atoms with Gasteiger partial charge in [0.2, 0.25) is 0 Å². The van der Waals surface area contributed by atoms with Gasteiger partial charge in [-0.1, -0.05) is 26.7 Å². The molecular weight excluding hydrogens is 297 g/mol. The molecule has 1 saturated carbocycles. The minimum Gasteiger partial charge on any atom is -0.481 e. The topological polar surface area (TPSA) is 49.8 Å². The Hall–Kier alpha value is -0.780. The van der Waals surface area contributed by atoms with Crippen molar-refractivity contribution in [2.45, 2.75) is 70.8 Å². The summed E-state index contributed by atoms with van der Waals surface area (Å²) in [5, 5.41) is 8.78. The van der Waals surface area contributed by atoms with E-state index in [-0.39, 0.29) is 18.3 Å². The van der Waals surface area contributed by atoms with Crippen molar-refractivity contribution in [1.29, 1.82) is 0 Å². The van der Waals surface area contributed by atoms with E-state index in [1.54, 1.807) is 6.92 Å². The molecule has 0 aromatic carbocycles. The van der Waals surface area contributed by atoms with Gasteiger partial charge in [-0.2, -0.15) is 13.2 Å². The van der Waals surface area contributed by atoms with Crippen molar-refractivity contribution in [2.24, 2.45) is 23.7 Å². The van der Waals surface area contributed by atoms with Crippen LogP contribution in [-0.2, 0) is 9.53 Å². The third kappa shape index (κ3) is 4.37. The highest BCUT2D eigenvalue weighted by Crippen LogP contribution is 2.43. The van der Waals surface area contributed by atoms with Crippen LogP contribution in [-0.4, -0.2) is 29.5 Å². The van der Waals surface area contributed by atoms with Crippen LogP contribution in [0.2, 0.25) is 0 Å². The molecule has 0 radical (unpaired) electrons. The Kier molecular flexibility index (Phi) is 5.41. The number of aliphatic carboxylic acids is 1. The third-order valence-electron chi connectivity index (χ3n) is 5.41. The Labute approximate surface area is 129 Å². The molecule has 1 heterocycles. The number of rotatable bonds is 7. The van der Waals surface area contributed by atoms with Crippen LogP contribution in [0.25, 0.3) is 0 Å². The molecule has 2 fully saturated rings. The number of halogens is 3. The highest BCUT2D eigenvalue weighted by atomic mass is 19.4. The van der Waals surface area contributed by atoms with E-state index < -0.39 is 18.1 Å². The Morgan fingerprint density at radius 3 is 2.55 bits per heavy atom. The van der Waals surface area contributed by atoms with Crippen molar-refractivity contribution in [2.75, 3.05) is 0 Å². The van der Waals surface area contributed by atoms with Crippen LogP contribution in [0.4, 0.5) is 13.2 Å². The quantitative estimate of drug-likeness (QED) is 0.713. The molecular formula is C16H25F3O3. The summed E-state index contributed by atoms with van der Waals surface area (Å²) in [6.45, 7) is 3.65. The summed E-state index contributed by atoms with van der Waals surface area (Å²) in [5.41, 5.74) is 0. The second kappa shape index (κ2) is 6.77. The van der Waals surface area contributed by atoms with Crippen LogP contribution in [0.5, 0.6) is 0 Å². The molecule has 0 spiro atoms. The molecule has 1 aliphatic heterocycles. The van der Waals surface area contributed by atoms with Gasteiger partial charge in [-0.15, -0.1) is 0 Å². The number of epoxide rings is 1. The number of carboxylic acids is 1. The lowest BCUT2D eigenvalue weighted by Gasteiger charge is -2.26. The summed E-state index contributed by atoms with van der Waals surface area (Å²) in [4.78, 5) is 10.8. The van der Waals surface area contributed by atoms with Gasteiger partial charge in [-0.25, -0.2) is 0 Å². The van der Waals surface area contributed by atoms with Crippen molar-refractivity contribution in [3.05, 3.63) is 0 Å². The van der Waals surface area contributed by atoms with Gasteiger partial charge >= 0.3 is 12.1 Å².